The first kappa shape index (κ1) is 34.1. The fourth-order valence-corrected chi connectivity index (χ4v) is 10.4. The van der Waals surface area contributed by atoms with E-state index in [1.165, 1.54) is 27.8 Å². The van der Waals surface area contributed by atoms with Gasteiger partial charge < -0.3 is 19.8 Å². The van der Waals surface area contributed by atoms with E-state index in [1.807, 2.05) is 30.1 Å². The zero-order chi connectivity index (χ0) is 35.1. The number of fused-ring (bicyclic) bond motifs is 2. The molecule has 3 aromatic carbocycles. The quantitative estimate of drug-likeness (QED) is 0.269. The Morgan fingerprint density at radius 1 is 0.882 bits per heavy atom. The predicted octanol–water partition coefficient (Wildman–Crippen LogP) is 7.79. The second-order valence-electron chi connectivity index (χ2n) is 16.2. The van der Waals surface area contributed by atoms with Crippen molar-refractivity contribution in [3.05, 3.63) is 119 Å². The Morgan fingerprint density at radius 2 is 1.59 bits per heavy atom. The molecule has 5 aliphatic rings. The molecule has 0 aromatic heterocycles. The molecule has 2 saturated heterocycles. The first-order valence-corrected chi connectivity index (χ1v) is 19.4. The van der Waals surface area contributed by atoms with Crippen molar-refractivity contribution < 1.29 is 14.7 Å². The second-order valence-corrected chi connectivity index (χ2v) is 16.2. The van der Waals surface area contributed by atoms with Gasteiger partial charge in [0.2, 0.25) is 5.91 Å². The Bertz CT molecular complexity index is 1810. The number of allylic oxidation sites excluding steroid dienone is 3. The van der Waals surface area contributed by atoms with Gasteiger partial charge in [0.25, 0.3) is 0 Å². The number of benzene rings is 3. The van der Waals surface area contributed by atoms with Crippen LogP contribution in [0.2, 0.25) is 0 Å². The SMILES string of the molecule is CC1=CC(c2ccccc2)=C2CC(CC3CCCc4ccccc4C3=O)CC(CN3CCC4(CC3)C(=O)N(C)CN4c3ccccc3)C(O)C2C1. The van der Waals surface area contributed by atoms with Crippen LogP contribution in [0.15, 0.2) is 102 Å². The predicted molar refractivity (Wildman–Crippen MR) is 204 cm³/mol. The monoisotopic (exact) mass is 683 g/mol. The van der Waals surface area contributed by atoms with E-state index in [1.54, 1.807) is 0 Å². The number of aliphatic hydroxyl groups excluding tert-OH is 1. The number of anilines is 1. The van der Waals surface area contributed by atoms with Crippen molar-refractivity contribution in [2.45, 2.75) is 76.4 Å². The highest BCUT2D eigenvalue weighted by atomic mass is 16.3. The molecule has 2 aliphatic heterocycles. The minimum absolute atomic E-state index is 0.0128. The van der Waals surface area contributed by atoms with E-state index >= 15 is 0 Å². The van der Waals surface area contributed by atoms with Crippen molar-refractivity contribution >= 4 is 23.0 Å². The van der Waals surface area contributed by atoms with E-state index in [-0.39, 0.29) is 23.7 Å². The van der Waals surface area contributed by atoms with Crippen LogP contribution < -0.4 is 4.90 Å². The topological polar surface area (TPSA) is 64.1 Å². The molecule has 6 heteroatoms. The van der Waals surface area contributed by atoms with Gasteiger partial charge in [-0.2, -0.15) is 0 Å². The molecule has 51 heavy (non-hydrogen) atoms. The first-order chi connectivity index (χ1) is 24.8. The average Bonchev–Trinajstić information content (AvgIpc) is 3.24. The van der Waals surface area contributed by atoms with Gasteiger partial charge in [-0.05, 0) is 105 Å². The van der Waals surface area contributed by atoms with Crippen molar-refractivity contribution in [2.75, 3.05) is 38.3 Å². The van der Waals surface area contributed by atoms with Gasteiger partial charge in [-0.15, -0.1) is 0 Å². The third-order valence-electron chi connectivity index (χ3n) is 13.0. The lowest BCUT2D eigenvalue weighted by Crippen LogP contribution is -2.57. The first-order valence-electron chi connectivity index (χ1n) is 19.4. The molecule has 5 unspecified atom stereocenters. The number of para-hydroxylation sites is 1. The van der Waals surface area contributed by atoms with Gasteiger partial charge in [0.05, 0.1) is 12.8 Å². The number of piperidine rings is 1. The zero-order valence-electron chi connectivity index (χ0n) is 30.3. The lowest BCUT2D eigenvalue weighted by Gasteiger charge is -2.44. The van der Waals surface area contributed by atoms with Crippen molar-refractivity contribution in [3.8, 4) is 0 Å². The van der Waals surface area contributed by atoms with Gasteiger partial charge in [0, 0.05) is 49.8 Å². The number of amides is 1. The maximum absolute atomic E-state index is 14.1. The molecule has 266 valence electrons. The molecular formula is C45H53N3O3. The standard InChI is InChI=1S/C45H53N3O3/c1-31-24-39(34-12-5-3-6-13-34)40-28-32(26-35-16-11-15-33-14-9-10-19-38(33)42(35)49)27-36(43(50)41(40)25-31)29-47-22-20-45(21-23-47)44(51)46(2)30-48(45)37-17-7-4-8-18-37/h3-10,12-14,17-19,24,32,35-36,41,43,50H,11,15-16,20-23,25-30H2,1-2H3. The Hall–Kier alpha value is -4.00. The highest BCUT2D eigenvalue weighted by molar-refractivity contribution is 5.99. The summed E-state index contributed by atoms with van der Waals surface area (Å²) in [7, 11) is 1.93. The zero-order valence-corrected chi connectivity index (χ0v) is 30.3. The number of likely N-dealkylation sites (tertiary alicyclic amines) is 1. The van der Waals surface area contributed by atoms with Gasteiger partial charge in [-0.1, -0.05) is 90.0 Å². The highest BCUT2D eigenvalue weighted by Gasteiger charge is 2.53. The number of aryl methyl sites for hydroxylation is 1. The summed E-state index contributed by atoms with van der Waals surface area (Å²) in [6.07, 6.45) is 9.97. The lowest BCUT2D eigenvalue weighted by atomic mass is 9.75. The smallest absolute Gasteiger partial charge is 0.249 e. The molecule has 5 atom stereocenters. The number of rotatable bonds is 6. The number of Topliss-reactive ketones (excluding diaryl/α,β-unsaturated/α-hetero) is 1. The van der Waals surface area contributed by atoms with Gasteiger partial charge in [0.1, 0.15) is 5.54 Å². The number of likely N-dealkylation sites (N-methyl/N-ethyl adjacent to an activating group) is 1. The number of ketones is 1. The van der Waals surface area contributed by atoms with E-state index in [4.69, 9.17) is 0 Å². The lowest BCUT2D eigenvalue weighted by molar-refractivity contribution is -0.132. The largest absolute Gasteiger partial charge is 0.392 e. The summed E-state index contributed by atoms with van der Waals surface area (Å²) in [5.41, 5.74) is 7.90. The molecule has 1 spiro atoms. The number of hydrogen-bond donors (Lipinski definition) is 1. The average molecular weight is 684 g/mol. The van der Waals surface area contributed by atoms with Crippen LogP contribution in [0.1, 0.15) is 79.8 Å². The Morgan fingerprint density at radius 3 is 2.35 bits per heavy atom. The summed E-state index contributed by atoms with van der Waals surface area (Å²) >= 11 is 0. The maximum Gasteiger partial charge on any atom is 0.249 e. The summed E-state index contributed by atoms with van der Waals surface area (Å²) in [5, 5.41) is 12.5. The summed E-state index contributed by atoms with van der Waals surface area (Å²) in [6, 6.07) is 29.3. The van der Waals surface area contributed by atoms with Crippen LogP contribution in [0.4, 0.5) is 5.69 Å². The third kappa shape index (κ3) is 6.51. The summed E-state index contributed by atoms with van der Waals surface area (Å²) in [5.74, 6) is 1.02. The number of nitrogens with zero attached hydrogens (tertiary/aromatic N) is 3. The summed E-state index contributed by atoms with van der Waals surface area (Å²) in [6.45, 7) is 5.30. The van der Waals surface area contributed by atoms with Gasteiger partial charge in [0.15, 0.2) is 5.78 Å². The van der Waals surface area contributed by atoms with Crippen molar-refractivity contribution in [2.24, 2.45) is 23.7 Å². The second kappa shape index (κ2) is 14.2. The van der Waals surface area contributed by atoms with E-state index in [2.05, 4.69) is 89.5 Å². The fraction of sp³-hybridized carbons (Fsp3) is 0.467. The molecule has 0 radical (unpaired) electrons. The minimum Gasteiger partial charge on any atom is -0.392 e. The number of carbonyl (C=O) groups is 2. The van der Waals surface area contributed by atoms with E-state index < -0.39 is 11.6 Å². The van der Waals surface area contributed by atoms with Gasteiger partial charge in [-0.25, -0.2) is 0 Å². The molecule has 3 aliphatic carbocycles. The van der Waals surface area contributed by atoms with Crippen molar-refractivity contribution in [1.29, 1.82) is 0 Å². The summed E-state index contributed by atoms with van der Waals surface area (Å²) in [4.78, 5) is 34.5. The molecule has 3 fully saturated rings. The van der Waals surface area contributed by atoms with E-state index in [9.17, 15) is 14.7 Å². The van der Waals surface area contributed by atoms with E-state index in [0.717, 1.165) is 88.7 Å². The Kier molecular flexibility index (Phi) is 9.49. The molecule has 3 aromatic rings. The van der Waals surface area contributed by atoms with E-state index in [0.29, 0.717) is 18.4 Å². The van der Waals surface area contributed by atoms with Crippen LogP contribution in [-0.4, -0.2) is 71.6 Å². The molecule has 1 amide bonds. The molecule has 1 saturated carbocycles. The molecule has 2 heterocycles. The third-order valence-corrected chi connectivity index (χ3v) is 13.0. The molecular weight excluding hydrogens is 631 g/mol. The Balaban J connectivity index is 1.07. The van der Waals surface area contributed by atoms with Gasteiger partial charge >= 0.3 is 0 Å². The van der Waals surface area contributed by atoms with Crippen LogP contribution in [-0.2, 0) is 11.2 Å². The van der Waals surface area contributed by atoms with Crippen LogP contribution in [0, 0.1) is 23.7 Å². The minimum atomic E-state index is -0.515. The van der Waals surface area contributed by atoms with Gasteiger partial charge in [-0.3, -0.25) is 9.59 Å². The molecule has 8 rings (SSSR count). The number of carbonyl (C=O) groups excluding carboxylic acids is 2. The van der Waals surface area contributed by atoms with Crippen LogP contribution >= 0.6 is 0 Å². The number of aliphatic hydroxyl groups is 1. The van der Waals surface area contributed by atoms with Crippen molar-refractivity contribution in [3.63, 3.8) is 0 Å². The van der Waals surface area contributed by atoms with Crippen LogP contribution in [0.25, 0.3) is 5.57 Å². The van der Waals surface area contributed by atoms with Crippen LogP contribution in [0.5, 0.6) is 0 Å². The maximum atomic E-state index is 14.1. The summed E-state index contributed by atoms with van der Waals surface area (Å²) < 4.78 is 0. The molecule has 6 nitrogen and oxygen atoms in total. The van der Waals surface area contributed by atoms with Crippen molar-refractivity contribution in [1.82, 2.24) is 9.80 Å². The van der Waals surface area contributed by atoms with Crippen LogP contribution in [0.3, 0.4) is 0 Å². The number of hydrogen-bond acceptors (Lipinski definition) is 5. The molecule has 0 bridgehead atoms. The Labute approximate surface area is 303 Å². The normalized spacial score (nSPS) is 28.3. The molecule has 1 N–H and O–H groups in total. The highest BCUT2D eigenvalue weighted by Crippen LogP contribution is 2.48. The fourth-order valence-electron chi connectivity index (χ4n) is 10.4.